The number of aromatic amines is 1. The maximum absolute atomic E-state index is 13.1. The predicted molar refractivity (Wildman–Crippen MR) is 110 cm³/mol. The van der Waals surface area contributed by atoms with Gasteiger partial charge in [-0.15, -0.1) is 0 Å². The maximum Gasteiger partial charge on any atom is 0.229 e. The van der Waals surface area contributed by atoms with Crippen molar-refractivity contribution in [2.45, 2.75) is 39.3 Å². The first-order chi connectivity index (χ1) is 14.1. The van der Waals surface area contributed by atoms with E-state index in [0.717, 1.165) is 41.5 Å². The molecule has 0 saturated heterocycles. The van der Waals surface area contributed by atoms with Crippen LogP contribution in [-0.4, -0.2) is 44.0 Å². The van der Waals surface area contributed by atoms with Crippen molar-refractivity contribution >= 4 is 5.91 Å². The van der Waals surface area contributed by atoms with Gasteiger partial charge < -0.3 is 19.2 Å². The number of carbonyl (C=O) groups excluding carboxylic acids is 1. The third-order valence-electron chi connectivity index (χ3n) is 5.77. The number of H-pyrrole nitrogens is 1. The summed E-state index contributed by atoms with van der Waals surface area (Å²) in [4.78, 5) is 27.1. The molecule has 3 aromatic rings. The monoisotopic (exact) mass is 393 g/mol. The minimum atomic E-state index is -0.0485. The lowest BCUT2D eigenvalue weighted by atomic mass is 9.95. The summed E-state index contributed by atoms with van der Waals surface area (Å²) in [5.41, 5.74) is 2.69. The maximum atomic E-state index is 13.1. The van der Waals surface area contributed by atoms with Crippen LogP contribution in [0.2, 0.25) is 0 Å². The van der Waals surface area contributed by atoms with Gasteiger partial charge in [-0.05, 0) is 18.1 Å². The third kappa shape index (κ3) is 3.64. The Bertz CT molecular complexity index is 979. The van der Waals surface area contributed by atoms with Gasteiger partial charge in [-0.1, -0.05) is 32.4 Å². The van der Waals surface area contributed by atoms with E-state index in [9.17, 15) is 4.79 Å². The number of methoxy groups -OCH3 is 1. The Labute approximate surface area is 170 Å². The van der Waals surface area contributed by atoms with Crippen molar-refractivity contribution in [2.75, 3.05) is 13.7 Å². The van der Waals surface area contributed by atoms with Crippen LogP contribution in [0.5, 0.6) is 5.75 Å². The zero-order chi connectivity index (χ0) is 20.4. The van der Waals surface area contributed by atoms with E-state index >= 15 is 0 Å². The number of benzene rings is 1. The second-order valence-corrected chi connectivity index (χ2v) is 7.55. The van der Waals surface area contributed by atoms with Crippen molar-refractivity contribution in [1.82, 2.24) is 24.4 Å². The van der Waals surface area contributed by atoms with Gasteiger partial charge in [-0.2, -0.15) is 0 Å². The van der Waals surface area contributed by atoms with Crippen molar-refractivity contribution in [2.24, 2.45) is 5.92 Å². The first kappa shape index (κ1) is 19.2. The molecule has 2 aromatic heterocycles. The molecule has 7 heteroatoms. The van der Waals surface area contributed by atoms with E-state index < -0.39 is 0 Å². The molecule has 1 N–H and O–H groups in total. The van der Waals surface area contributed by atoms with Crippen LogP contribution in [0.4, 0.5) is 0 Å². The number of ether oxygens (including phenoxy) is 1. The molecule has 1 aliphatic rings. The van der Waals surface area contributed by atoms with E-state index in [-0.39, 0.29) is 11.9 Å². The molecule has 2 atom stereocenters. The number of para-hydroxylation sites is 1. The van der Waals surface area contributed by atoms with Crippen LogP contribution in [0, 0.1) is 5.92 Å². The summed E-state index contributed by atoms with van der Waals surface area (Å²) < 4.78 is 7.72. The molecule has 0 saturated carbocycles. The zero-order valence-corrected chi connectivity index (χ0v) is 17.1. The van der Waals surface area contributed by atoms with Gasteiger partial charge in [0.25, 0.3) is 0 Å². The number of nitrogens with one attached hydrogen (secondary N) is 1. The van der Waals surface area contributed by atoms with Crippen LogP contribution in [-0.2, 0) is 17.8 Å². The highest BCUT2D eigenvalue weighted by Gasteiger charge is 2.36. The number of hydrogen-bond donors (Lipinski definition) is 1. The Balaban J connectivity index is 1.69. The van der Waals surface area contributed by atoms with Gasteiger partial charge in [0.15, 0.2) is 0 Å². The lowest BCUT2D eigenvalue weighted by molar-refractivity contribution is -0.135. The fourth-order valence-corrected chi connectivity index (χ4v) is 4.04. The minimum absolute atomic E-state index is 0.0485. The Hall–Kier alpha value is -3.09. The lowest BCUT2D eigenvalue weighted by Crippen LogP contribution is -2.45. The molecule has 7 nitrogen and oxygen atoms in total. The van der Waals surface area contributed by atoms with Crippen LogP contribution in [0.1, 0.15) is 37.8 Å². The van der Waals surface area contributed by atoms with Crippen molar-refractivity contribution in [3.05, 3.63) is 54.5 Å². The molecule has 0 fully saturated rings. The fourth-order valence-electron chi connectivity index (χ4n) is 4.04. The number of rotatable bonds is 6. The summed E-state index contributed by atoms with van der Waals surface area (Å²) in [5, 5.41) is 0. The summed E-state index contributed by atoms with van der Waals surface area (Å²) in [6.45, 7) is 5.76. The molecule has 1 aliphatic heterocycles. The normalized spacial score (nSPS) is 17.1. The fraction of sp³-hybridized carbons (Fsp3) is 0.409. The molecular formula is C22H27N5O2. The van der Waals surface area contributed by atoms with E-state index in [1.165, 1.54) is 0 Å². The zero-order valence-electron chi connectivity index (χ0n) is 17.1. The van der Waals surface area contributed by atoms with E-state index in [1.807, 2.05) is 29.2 Å². The van der Waals surface area contributed by atoms with E-state index in [4.69, 9.17) is 9.72 Å². The van der Waals surface area contributed by atoms with Crippen LogP contribution < -0.4 is 4.74 Å². The third-order valence-corrected chi connectivity index (χ3v) is 5.77. The summed E-state index contributed by atoms with van der Waals surface area (Å²) in [6.07, 6.45) is 6.69. The first-order valence-corrected chi connectivity index (χ1v) is 10.1. The Morgan fingerprint density at radius 2 is 2.17 bits per heavy atom. The van der Waals surface area contributed by atoms with Gasteiger partial charge in [-0.25, -0.2) is 9.97 Å². The van der Waals surface area contributed by atoms with Crippen molar-refractivity contribution < 1.29 is 9.53 Å². The molecule has 152 valence electrons. The highest BCUT2D eigenvalue weighted by molar-refractivity contribution is 5.79. The Kier molecular flexibility index (Phi) is 5.38. The molecule has 1 aromatic carbocycles. The van der Waals surface area contributed by atoms with Crippen molar-refractivity contribution in [3.8, 4) is 17.0 Å². The van der Waals surface area contributed by atoms with E-state index in [0.29, 0.717) is 18.9 Å². The molecule has 3 heterocycles. The van der Waals surface area contributed by atoms with E-state index in [2.05, 4.69) is 34.6 Å². The molecule has 4 rings (SSSR count). The number of fused-ring (bicyclic) bond motifs is 1. The quantitative estimate of drug-likeness (QED) is 0.696. The Morgan fingerprint density at radius 3 is 2.90 bits per heavy atom. The molecule has 0 bridgehead atoms. The number of carbonyl (C=O) groups is 1. The molecular weight excluding hydrogens is 366 g/mol. The first-order valence-electron chi connectivity index (χ1n) is 10.1. The van der Waals surface area contributed by atoms with Crippen LogP contribution in [0.25, 0.3) is 11.3 Å². The van der Waals surface area contributed by atoms with Gasteiger partial charge in [0.2, 0.25) is 5.91 Å². The summed E-state index contributed by atoms with van der Waals surface area (Å²) in [6, 6.07) is 7.86. The van der Waals surface area contributed by atoms with Gasteiger partial charge >= 0.3 is 0 Å². The molecule has 0 spiro atoms. The summed E-state index contributed by atoms with van der Waals surface area (Å²) >= 11 is 0. The second-order valence-electron chi connectivity index (χ2n) is 7.55. The number of imidazole rings is 2. The minimum Gasteiger partial charge on any atom is -0.496 e. The molecule has 1 unspecified atom stereocenters. The lowest BCUT2D eigenvalue weighted by Gasteiger charge is -2.39. The predicted octanol–water partition coefficient (Wildman–Crippen LogP) is 3.45. The molecule has 0 aliphatic carbocycles. The summed E-state index contributed by atoms with van der Waals surface area (Å²) in [7, 11) is 1.67. The average molecular weight is 393 g/mol. The number of nitrogens with zero attached hydrogens (tertiary/aromatic N) is 4. The summed E-state index contributed by atoms with van der Waals surface area (Å²) in [5.74, 6) is 2.15. The van der Waals surface area contributed by atoms with Crippen molar-refractivity contribution in [1.29, 1.82) is 0 Å². The topological polar surface area (TPSA) is 76.0 Å². The van der Waals surface area contributed by atoms with Crippen LogP contribution >= 0.6 is 0 Å². The SMILES string of the molecule is CCC(C)[C@H]1c2nc(-c3ccccc3OC)cn2CCN1C(=O)Cc1cnc[nH]1. The standard InChI is InChI=1S/C22H27N5O2/c1-4-15(2)21-22-25-18(17-7-5-6-8-19(17)29-3)13-26(22)9-10-27(21)20(28)11-16-12-23-14-24-16/h5-8,12-15,21H,4,9-11H2,1-3H3,(H,23,24)/t15?,21-/m0/s1. The highest BCUT2D eigenvalue weighted by Crippen LogP contribution is 2.37. The van der Waals surface area contributed by atoms with Gasteiger partial charge in [0.05, 0.1) is 31.6 Å². The van der Waals surface area contributed by atoms with Gasteiger partial charge in [0.1, 0.15) is 11.6 Å². The smallest absolute Gasteiger partial charge is 0.229 e. The number of aromatic nitrogens is 4. The van der Waals surface area contributed by atoms with Crippen molar-refractivity contribution in [3.63, 3.8) is 0 Å². The second kappa shape index (κ2) is 8.11. The molecule has 29 heavy (non-hydrogen) atoms. The molecule has 0 radical (unpaired) electrons. The highest BCUT2D eigenvalue weighted by atomic mass is 16.5. The largest absolute Gasteiger partial charge is 0.496 e. The number of hydrogen-bond acceptors (Lipinski definition) is 4. The van der Waals surface area contributed by atoms with Crippen LogP contribution in [0.3, 0.4) is 0 Å². The average Bonchev–Trinajstić information content (AvgIpc) is 3.41. The van der Waals surface area contributed by atoms with Gasteiger partial charge in [0, 0.05) is 36.7 Å². The van der Waals surface area contributed by atoms with E-state index in [1.54, 1.807) is 19.6 Å². The molecule has 1 amide bonds. The van der Waals surface area contributed by atoms with Crippen LogP contribution in [0.15, 0.2) is 43.0 Å². The Morgan fingerprint density at radius 1 is 1.34 bits per heavy atom. The number of amides is 1. The van der Waals surface area contributed by atoms with Gasteiger partial charge in [-0.3, -0.25) is 4.79 Å².